The van der Waals surface area contributed by atoms with Crippen LogP contribution in [0.5, 0.6) is 0 Å². The molecule has 78 valence electrons. The summed E-state index contributed by atoms with van der Waals surface area (Å²) < 4.78 is 0. The maximum absolute atomic E-state index is 11.8. The van der Waals surface area contributed by atoms with E-state index in [0.29, 0.717) is 5.71 Å². The number of aliphatic imine (C=N–C) groups is 1. The zero-order valence-corrected chi connectivity index (χ0v) is 9.07. The lowest BCUT2D eigenvalue weighted by molar-refractivity contribution is -0.133. The van der Waals surface area contributed by atoms with Crippen LogP contribution in [-0.4, -0.2) is 35.0 Å². The van der Waals surface area contributed by atoms with Gasteiger partial charge in [-0.2, -0.15) is 0 Å². The molecule has 0 saturated carbocycles. The molecule has 2 amide bonds. The molecule has 14 heavy (non-hydrogen) atoms. The Balaban J connectivity index is 2.98. The second-order valence-electron chi connectivity index (χ2n) is 4.07. The van der Waals surface area contributed by atoms with Gasteiger partial charge in [0.15, 0.2) is 0 Å². The molecule has 0 radical (unpaired) electrons. The molecule has 1 aliphatic heterocycles. The molecule has 0 saturated heterocycles. The molecule has 0 N–H and O–H groups in total. The lowest BCUT2D eigenvalue weighted by Gasteiger charge is -2.29. The lowest BCUT2D eigenvalue weighted by atomic mass is 10.0. The number of hydrogen-bond donors (Lipinski definition) is 0. The maximum atomic E-state index is 11.8. The molecule has 0 atom stereocenters. The summed E-state index contributed by atoms with van der Waals surface area (Å²) in [6, 6.07) is 0.0516. The molecule has 0 spiro atoms. The number of hydrogen-bond acceptors (Lipinski definition) is 2. The highest BCUT2D eigenvalue weighted by Gasteiger charge is 2.30. The third-order valence-electron chi connectivity index (χ3n) is 2.20. The fraction of sp³-hybridized carbons (Fsp3) is 0.700. The van der Waals surface area contributed by atoms with Gasteiger partial charge in [-0.05, 0) is 13.8 Å². The lowest BCUT2D eigenvalue weighted by Crippen LogP contribution is -2.49. The van der Waals surface area contributed by atoms with Crippen molar-refractivity contribution in [2.75, 3.05) is 6.54 Å². The fourth-order valence-electron chi connectivity index (χ4n) is 1.38. The minimum absolute atomic E-state index is 0.00741. The van der Waals surface area contributed by atoms with Crippen molar-refractivity contribution in [3.63, 3.8) is 0 Å². The normalized spacial score (nSPS) is 18.1. The van der Waals surface area contributed by atoms with Gasteiger partial charge in [-0.1, -0.05) is 13.8 Å². The van der Waals surface area contributed by atoms with Crippen LogP contribution in [0.3, 0.4) is 0 Å². The molecule has 1 rings (SSSR count). The summed E-state index contributed by atoms with van der Waals surface area (Å²) in [6.45, 7) is 7.65. The summed E-state index contributed by atoms with van der Waals surface area (Å²) >= 11 is 0. The Morgan fingerprint density at radius 3 is 2.21 bits per heavy atom. The molecule has 4 heteroatoms. The highest BCUT2D eigenvalue weighted by Crippen LogP contribution is 2.11. The Kier molecular flexibility index (Phi) is 3.03. The Bertz CT molecular complexity index is 292. The van der Waals surface area contributed by atoms with Gasteiger partial charge in [0.1, 0.15) is 12.3 Å². The van der Waals surface area contributed by atoms with Crippen LogP contribution in [0.25, 0.3) is 0 Å². The number of carbonyl (C=O) groups is 2. The SMILES string of the molecule is CC(C)C1=NC(=O)CN(C(C)C)C1=O. The van der Waals surface area contributed by atoms with Crippen molar-refractivity contribution in [3.05, 3.63) is 0 Å². The van der Waals surface area contributed by atoms with Crippen molar-refractivity contribution in [3.8, 4) is 0 Å². The number of rotatable bonds is 2. The third-order valence-corrected chi connectivity index (χ3v) is 2.20. The van der Waals surface area contributed by atoms with E-state index in [9.17, 15) is 9.59 Å². The van der Waals surface area contributed by atoms with Crippen LogP contribution in [-0.2, 0) is 9.59 Å². The number of amides is 2. The van der Waals surface area contributed by atoms with Crippen molar-refractivity contribution >= 4 is 17.5 Å². The molecule has 0 bridgehead atoms. The van der Waals surface area contributed by atoms with Crippen molar-refractivity contribution in [1.29, 1.82) is 0 Å². The molecule has 1 heterocycles. The van der Waals surface area contributed by atoms with E-state index in [2.05, 4.69) is 4.99 Å². The summed E-state index contributed by atoms with van der Waals surface area (Å²) in [6.07, 6.45) is 0. The van der Waals surface area contributed by atoms with Crippen molar-refractivity contribution < 1.29 is 9.59 Å². The van der Waals surface area contributed by atoms with Crippen molar-refractivity contribution in [1.82, 2.24) is 4.90 Å². The van der Waals surface area contributed by atoms with Crippen LogP contribution in [0.1, 0.15) is 27.7 Å². The fourth-order valence-corrected chi connectivity index (χ4v) is 1.38. The van der Waals surface area contributed by atoms with E-state index < -0.39 is 0 Å². The van der Waals surface area contributed by atoms with E-state index in [-0.39, 0.29) is 30.3 Å². The van der Waals surface area contributed by atoms with E-state index in [1.54, 1.807) is 4.90 Å². The molecular formula is C10H16N2O2. The van der Waals surface area contributed by atoms with Crippen molar-refractivity contribution in [2.24, 2.45) is 10.9 Å². The first-order valence-corrected chi connectivity index (χ1v) is 4.86. The van der Waals surface area contributed by atoms with Crippen LogP contribution < -0.4 is 0 Å². The van der Waals surface area contributed by atoms with E-state index >= 15 is 0 Å². The molecule has 1 aliphatic rings. The monoisotopic (exact) mass is 196 g/mol. The second kappa shape index (κ2) is 3.90. The van der Waals surface area contributed by atoms with Gasteiger partial charge in [-0.3, -0.25) is 9.59 Å². The van der Waals surface area contributed by atoms with Crippen LogP contribution >= 0.6 is 0 Å². The minimum atomic E-state index is -0.220. The molecule has 0 aromatic heterocycles. The van der Waals surface area contributed by atoms with Crippen molar-refractivity contribution in [2.45, 2.75) is 33.7 Å². The Hall–Kier alpha value is -1.19. The average Bonchev–Trinajstić information content (AvgIpc) is 2.07. The smallest absolute Gasteiger partial charge is 0.269 e. The molecular weight excluding hydrogens is 180 g/mol. The van der Waals surface area contributed by atoms with E-state index in [4.69, 9.17) is 0 Å². The minimum Gasteiger partial charge on any atom is -0.326 e. The molecule has 4 nitrogen and oxygen atoms in total. The van der Waals surface area contributed by atoms with Gasteiger partial charge < -0.3 is 4.90 Å². The van der Waals surface area contributed by atoms with Gasteiger partial charge in [0.2, 0.25) is 0 Å². The van der Waals surface area contributed by atoms with Gasteiger partial charge in [0.25, 0.3) is 11.8 Å². The second-order valence-corrected chi connectivity index (χ2v) is 4.07. The van der Waals surface area contributed by atoms with Crippen LogP contribution in [0.15, 0.2) is 4.99 Å². The van der Waals surface area contributed by atoms with E-state index in [1.165, 1.54) is 0 Å². The zero-order chi connectivity index (χ0) is 10.9. The van der Waals surface area contributed by atoms with E-state index in [0.717, 1.165) is 0 Å². The van der Waals surface area contributed by atoms with Gasteiger partial charge in [-0.15, -0.1) is 0 Å². The Labute approximate surface area is 84.0 Å². The van der Waals surface area contributed by atoms with E-state index in [1.807, 2.05) is 27.7 Å². The Morgan fingerprint density at radius 1 is 1.21 bits per heavy atom. The van der Waals surface area contributed by atoms with Crippen LogP contribution in [0, 0.1) is 5.92 Å². The van der Waals surface area contributed by atoms with Crippen LogP contribution in [0.4, 0.5) is 0 Å². The van der Waals surface area contributed by atoms with Crippen LogP contribution in [0.2, 0.25) is 0 Å². The van der Waals surface area contributed by atoms with Gasteiger partial charge >= 0.3 is 0 Å². The standard InChI is InChI=1S/C10H16N2O2/c1-6(2)9-10(14)12(7(3)4)5-8(13)11-9/h6-7H,5H2,1-4H3. The first-order valence-electron chi connectivity index (χ1n) is 4.86. The predicted octanol–water partition coefficient (Wildman–Crippen LogP) is 0.861. The third kappa shape index (κ3) is 2.00. The first kappa shape index (κ1) is 10.9. The molecule has 0 aliphatic carbocycles. The molecule has 0 fully saturated rings. The highest BCUT2D eigenvalue weighted by molar-refractivity contribution is 6.42. The molecule has 0 unspecified atom stereocenters. The summed E-state index contributed by atoms with van der Waals surface area (Å²) in [4.78, 5) is 28.4. The number of carbonyl (C=O) groups excluding carboxylic acids is 2. The summed E-state index contributed by atoms with van der Waals surface area (Å²) in [5, 5.41) is 0. The topological polar surface area (TPSA) is 49.7 Å². The quantitative estimate of drug-likeness (QED) is 0.657. The average molecular weight is 196 g/mol. The largest absolute Gasteiger partial charge is 0.326 e. The molecule has 0 aromatic rings. The zero-order valence-electron chi connectivity index (χ0n) is 9.07. The number of nitrogens with zero attached hydrogens (tertiary/aromatic N) is 2. The first-order chi connectivity index (χ1) is 6.43. The highest BCUT2D eigenvalue weighted by atomic mass is 16.2. The van der Waals surface area contributed by atoms with Gasteiger partial charge in [0, 0.05) is 12.0 Å². The summed E-state index contributed by atoms with van der Waals surface area (Å²) in [5.74, 6) is -0.315. The maximum Gasteiger partial charge on any atom is 0.269 e. The summed E-state index contributed by atoms with van der Waals surface area (Å²) in [7, 11) is 0. The summed E-state index contributed by atoms with van der Waals surface area (Å²) in [5.41, 5.74) is 0.384. The van der Waals surface area contributed by atoms with Gasteiger partial charge in [-0.25, -0.2) is 4.99 Å². The molecule has 0 aromatic carbocycles. The predicted molar refractivity (Wildman–Crippen MR) is 54.1 cm³/mol. The van der Waals surface area contributed by atoms with Gasteiger partial charge in [0.05, 0.1) is 0 Å². The Morgan fingerprint density at radius 2 is 1.79 bits per heavy atom.